The minimum atomic E-state index is -1.21. The lowest BCUT2D eigenvalue weighted by Crippen LogP contribution is -2.27. The fourth-order valence-electron chi connectivity index (χ4n) is 1.22. The van der Waals surface area contributed by atoms with E-state index >= 15 is 0 Å². The van der Waals surface area contributed by atoms with Crippen molar-refractivity contribution in [3.8, 4) is 5.75 Å². The van der Waals surface area contributed by atoms with E-state index in [9.17, 15) is 14.6 Å². The van der Waals surface area contributed by atoms with Crippen LogP contribution in [0.25, 0.3) is 0 Å². The van der Waals surface area contributed by atoms with Crippen LogP contribution in [0.5, 0.6) is 5.75 Å². The molecule has 15 heavy (non-hydrogen) atoms. The number of aliphatic hydroxyl groups is 2. The van der Waals surface area contributed by atoms with Crippen molar-refractivity contribution in [2.45, 2.75) is 12.2 Å². The van der Waals surface area contributed by atoms with Gasteiger partial charge in [0.25, 0.3) is 0 Å². The Morgan fingerprint density at radius 3 is 2.60 bits per heavy atom. The maximum Gasteiger partial charge on any atom is 0.127 e. The number of halogens is 1. The van der Waals surface area contributed by atoms with Crippen LogP contribution in [0.15, 0.2) is 18.2 Å². The van der Waals surface area contributed by atoms with Gasteiger partial charge in [0, 0.05) is 12.6 Å². The lowest BCUT2D eigenvalue weighted by atomic mass is 10.0. The molecule has 0 aromatic heterocycles. The van der Waals surface area contributed by atoms with E-state index in [2.05, 4.69) is 0 Å². The Morgan fingerprint density at radius 2 is 2.07 bits per heavy atom. The molecule has 0 heterocycles. The molecule has 4 N–H and O–H groups in total. The van der Waals surface area contributed by atoms with E-state index in [4.69, 9.17) is 10.5 Å². The van der Waals surface area contributed by atoms with E-state index in [0.717, 1.165) is 6.07 Å². The third-order valence-corrected chi connectivity index (χ3v) is 2.08. The molecule has 0 fully saturated rings. The summed E-state index contributed by atoms with van der Waals surface area (Å²) >= 11 is 0. The highest BCUT2D eigenvalue weighted by Gasteiger charge is 2.18. The van der Waals surface area contributed by atoms with E-state index in [1.165, 1.54) is 19.2 Å². The molecule has 2 atom stereocenters. The second-order valence-electron chi connectivity index (χ2n) is 3.17. The molecule has 0 spiro atoms. The van der Waals surface area contributed by atoms with Crippen molar-refractivity contribution < 1.29 is 19.3 Å². The van der Waals surface area contributed by atoms with Gasteiger partial charge in [-0.05, 0) is 17.7 Å². The molecule has 0 radical (unpaired) electrons. The van der Waals surface area contributed by atoms with Gasteiger partial charge in [-0.15, -0.1) is 0 Å². The molecule has 0 aliphatic carbocycles. The van der Waals surface area contributed by atoms with Crippen LogP contribution < -0.4 is 10.5 Å². The molecule has 0 aliphatic rings. The Bertz CT molecular complexity index is 332. The molecule has 1 aromatic rings. The summed E-state index contributed by atoms with van der Waals surface area (Å²) in [5.74, 6) is -0.249. The Hall–Kier alpha value is -1.17. The topological polar surface area (TPSA) is 75.7 Å². The van der Waals surface area contributed by atoms with Gasteiger partial charge in [0.15, 0.2) is 0 Å². The third-order valence-electron chi connectivity index (χ3n) is 2.08. The monoisotopic (exact) mass is 215 g/mol. The van der Waals surface area contributed by atoms with E-state index in [0.29, 0.717) is 0 Å². The van der Waals surface area contributed by atoms with Gasteiger partial charge in [-0.2, -0.15) is 0 Å². The number of hydrogen-bond donors (Lipinski definition) is 3. The summed E-state index contributed by atoms with van der Waals surface area (Å²) in [6, 6.07) is 3.77. The van der Waals surface area contributed by atoms with Gasteiger partial charge in [0.2, 0.25) is 0 Å². The SMILES string of the molecule is COc1cc(F)cc(C(O)C(O)CN)c1. The molecule has 0 saturated heterocycles. The predicted molar refractivity (Wildman–Crippen MR) is 53.0 cm³/mol. The van der Waals surface area contributed by atoms with E-state index < -0.39 is 18.0 Å². The highest BCUT2D eigenvalue weighted by atomic mass is 19.1. The summed E-state index contributed by atoms with van der Waals surface area (Å²) in [5, 5.41) is 18.9. The van der Waals surface area contributed by atoms with Crippen LogP contribution in [0.2, 0.25) is 0 Å². The van der Waals surface area contributed by atoms with Gasteiger partial charge >= 0.3 is 0 Å². The molecule has 4 nitrogen and oxygen atoms in total. The maximum atomic E-state index is 13.0. The molecule has 5 heteroatoms. The highest BCUT2D eigenvalue weighted by molar-refractivity contribution is 5.31. The minimum absolute atomic E-state index is 0.0972. The van der Waals surface area contributed by atoms with Crippen LogP contribution in [-0.2, 0) is 0 Å². The van der Waals surface area contributed by atoms with E-state index in [-0.39, 0.29) is 17.9 Å². The zero-order valence-corrected chi connectivity index (χ0v) is 8.35. The number of ether oxygens (including phenoxy) is 1. The van der Waals surface area contributed by atoms with Crippen molar-refractivity contribution in [3.63, 3.8) is 0 Å². The molecule has 84 valence electrons. The quantitative estimate of drug-likeness (QED) is 0.670. The first-order chi connectivity index (χ1) is 7.08. The van der Waals surface area contributed by atoms with Gasteiger partial charge < -0.3 is 20.7 Å². The van der Waals surface area contributed by atoms with Gasteiger partial charge in [0.05, 0.1) is 13.2 Å². The highest BCUT2D eigenvalue weighted by Crippen LogP contribution is 2.23. The lowest BCUT2D eigenvalue weighted by Gasteiger charge is -2.17. The summed E-state index contributed by atoms with van der Waals surface area (Å²) in [6.45, 7) is -0.0972. The van der Waals surface area contributed by atoms with Gasteiger partial charge in [-0.25, -0.2) is 4.39 Å². The Balaban J connectivity index is 2.97. The fourth-order valence-corrected chi connectivity index (χ4v) is 1.22. The fraction of sp³-hybridized carbons (Fsp3) is 0.400. The van der Waals surface area contributed by atoms with Crippen LogP contribution in [0.4, 0.5) is 4.39 Å². The van der Waals surface area contributed by atoms with Gasteiger partial charge in [-0.3, -0.25) is 0 Å². The normalized spacial score (nSPS) is 14.7. The first-order valence-electron chi connectivity index (χ1n) is 4.49. The average Bonchev–Trinajstić information content (AvgIpc) is 2.26. The zero-order valence-electron chi connectivity index (χ0n) is 8.35. The summed E-state index contributed by atoms with van der Waals surface area (Å²) in [5.41, 5.74) is 5.42. The summed E-state index contributed by atoms with van der Waals surface area (Å²) in [6.07, 6.45) is -2.32. The van der Waals surface area contributed by atoms with Crippen LogP contribution in [0.1, 0.15) is 11.7 Å². The van der Waals surface area contributed by atoms with Crippen LogP contribution in [-0.4, -0.2) is 30.0 Å². The number of rotatable bonds is 4. The van der Waals surface area contributed by atoms with Crippen LogP contribution >= 0.6 is 0 Å². The Morgan fingerprint density at radius 1 is 1.40 bits per heavy atom. The number of nitrogens with two attached hydrogens (primary N) is 1. The Labute approximate surface area is 87.1 Å². The maximum absolute atomic E-state index is 13.0. The molecular formula is C10H14FNO3. The molecule has 0 aliphatic heterocycles. The van der Waals surface area contributed by atoms with Gasteiger partial charge in [-0.1, -0.05) is 0 Å². The van der Waals surface area contributed by atoms with Crippen molar-refractivity contribution in [3.05, 3.63) is 29.6 Å². The summed E-state index contributed by atoms with van der Waals surface area (Å²) < 4.78 is 17.9. The molecule has 0 bridgehead atoms. The number of methoxy groups -OCH3 is 1. The smallest absolute Gasteiger partial charge is 0.127 e. The van der Waals surface area contributed by atoms with Crippen molar-refractivity contribution in [1.29, 1.82) is 0 Å². The van der Waals surface area contributed by atoms with Crippen molar-refractivity contribution in [1.82, 2.24) is 0 Å². The zero-order chi connectivity index (χ0) is 11.4. The standard InChI is InChI=1S/C10H14FNO3/c1-15-8-3-6(2-7(11)4-8)10(14)9(13)5-12/h2-4,9-10,13-14H,5,12H2,1H3. The van der Waals surface area contributed by atoms with Crippen molar-refractivity contribution in [2.24, 2.45) is 5.73 Å². The molecule has 0 saturated carbocycles. The third kappa shape index (κ3) is 2.89. The minimum Gasteiger partial charge on any atom is -0.497 e. The first kappa shape index (κ1) is 11.9. The number of benzene rings is 1. The number of aliphatic hydroxyl groups excluding tert-OH is 2. The van der Waals surface area contributed by atoms with Crippen LogP contribution in [0.3, 0.4) is 0 Å². The average molecular weight is 215 g/mol. The van der Waals surface area contributed by atoms with E-state index in [1.54, 1.807) is 0 Å². The van der Waals surface area contributed by atoms with Crippen LogP contribution in [0, 0.1) is 5.82 Å². The second-order valence-corrected chi connectivity index (χ2v) is 3.17. The summed E-state index contributed by atoms with van der Waals surface area (Å²) in [7, 11) is 1.39. The van der Waals surface area contributed by atoms with Gasteiger partial charge in [0.1, 0.15) is 17.7 Å². The van der Waals surface area contributed by atoms with Crippen molar-refractivity contribution >= 4 is 0 Å². The Kier molecular flexibility index (Phi) is 4.02. The number of hydrogen-bond acceptors (Lipinski definition) is 4. The molecule has 1 rings (SSSR count). The van der Waals surface area contributed by atoms with E-state index in [1.807, 2.05) is 0 Å². The molecule has 2 unspecified atom stereocenters. The van der Waals surface area contributed by atoms with Crippen molar-refractivity contribution in [2.75, 3.05) is 13.7 Å². The predicted octanol–water partition coefficient (Wildman–Crippen LogP) is 0.187. The second kappa shape index (κ2) is 5.06. The molecule has 1 aromatic carbocycles. The largest absolute Gasteiger partial charge is 0.497 e. The lowest BCUT2D eigenvalue weighted by molar-refractivity contribution is 0.0240. The summed E-state index contributed by atoms with van der Waals surface area (Å²) in [4.78, 5) is 0. The molecule has 0 amide bonds. The first-order valence-corrected chi connectivity index (χ1v) is 4.49. The molecular weight excluding hydrogens is 201 g/mol.